The van der Waals surface area contributed by atoms with Crippen LogP contribution in [-0.4, -0.2) is 0 Å². The van der Waals surface area contributed by atoms with E-state index in [0.717, 1.165) is 5.69 Å². The summed E-state index contributed by atoms with van der Waals surface area (Å²) in [4.78, 5) is 0. The molecule has 0 heterocycles. The number of benzene rings is 3. The largest absolute Gasteiger partial charge is 0.399 e. The quantitative estimate of drug-likeness (QED) is 0.520. The maximum Gasteiger partial charge on any atom is 0.0314 e. The predicted molar refractivity (Wildman–Crippen MR) is 91.7 cm³/mol. The summed E-state index contributed by atoms with van der Waals surface area (Å²) in [7, 11) is 0. The van der Waals surface area contributed by atoms with Crippen molar-refractivity contribution in [3.8, 4) is 11.1 Å². The zero-order valence-corrected chi connectivity index (χ0v) is 11.7. The molecule has 0 unspecified atom stereocenters. The Morgan fingerprint density at radius 2 is 1.00 bits per heavy atom. The summed E-state index contributed by atoms with van der Waals surface area (Å²) in [6, 6.07) is 26.8. The van der Waals surface area contributed by atoms with Gasteiger partial charge in [0.2, 0.25) is 0 Å². The highest BCUT2D eigenvalue weighted by molar-refractivity contribution is 5.72. The van der Waals surface area contributed by atoms with Crippen molar-refractivity contribution in [3.05, 3.63) is 90.0 Å². The van der Waals surface area contributed by atoms with Crippen LogP contribution in [0.2, 0.25) is 0 Å². The van der Waals surface area contributed by atoms with E-state index in [4.69, 9.17) is 5.73 Å². The summed E-state index contributed by atoms with van der Waals surface area (Å²) < 4.78 is 0. The molecule has 0 amide bonds. The lowest BCUT2D eigenvalue weighted by molar-refractivity contribution is 1.59. The van der Waals surface area contributed by atoms with Crippen LogP contribution in [0.3, 0.4) is 0 Å². The van der Waals surface area contributed by atoms with Gasteiger partial charge in [0, 0.05) is 5.69 Å². The van der Waals surface area contributed by atoms with Crippen LogP contribution >= 0.6 is 0 Å². The van der Waals surface area contributed by atoms with Crippen molar-refractivity contribution in [2.75, 3.05) is 5.73 Å². The molecule has 2 N–H and O–H groups in total. The van der Waals surface area contributed by atoms with Crippen LogP contribution in [-0.2, 0) is 0 Å². The maximum atomic E-state index is 5.71. The fourth-order valence-electron chi connectivity index (χ4n) is 2.22. The van der Waals surface area contributed by atoms with Crippen LogP contribution in [0.5, 0.6) is 0 Å². The Hall–Kier alpha value is -2.80. The molecule has 1 heteroatoms. The Kier molecular flexibility index (Phi) is 3.83. The van der Waals surface area contributed by atoms with Crippen molar-refractivity contribution in [3.63, 3.8) is 0 Å². The van der Waals surface area contributed by atoms with E-state index in [1.165, 1.54) is 22.3 Å². The molecule has 0 fully saturated rings. The van der Waals surface area contributed by atoms with Crippen molar-refractivity contribution in [2.24, 2.45) is 0 Å². The molecule has 0 atom stereocenters. The van der Waals surface area contributed by atoms with E-state index in [2.05, 4.69) is 48.6 Å². The second kappa shape index (κ2) is 6.10. The zero-order valence-electron chi connectivity index (χ0n) is 11.7. The number of hydrogen-bond donors (Lipinski definition) is 1. The zero-order chi connectivity index (χ0) is 14.5. The Labute approximate surface area is 125 Å². The molecule has 0 aromatic heterocycles. The molecule has 0 spiro atoms. The molecule has 0 bridgehead atoms. The molecule has 3 aromatic rings. The normalized spacial score (nSPS) is 10.9. The number of nitrogen functional groups attached to an aromatic ring is 1. The number of nitrogens with two attached hydrogens (primary N) is 1. The van der Waals surface area contributed by atoms with E-state index in [-0.39, 0.29) is 0 Å². The van der Waals surface area contributed by atoms with Crippen molar-refractivity contribution in [1.29, 1.82) is 0 Å². The van der Waals surface area contributed by atoms with E-state index in [1.807, 2.05) is 42.5 Å². The first-order chi connectivity index (χ1) is 10.3. The molecule has 0 aliphatic heterocycles. The summed E-state index contributed by atoms with van der Waals surface area (Å²) in [5, 5.41) is 0. The standard InChI is InChI=1S/C20H17N/c21-20-14-12-19(13-15-20)18-10-8-17(9-11-18)7-6-16-4-2-1-3-5-16/h1-15H,21H2/b7-6+. The highest BCUT2D eigenvalue weighted by Crippen LogP contribution is 2.21. The number of anilines is 1. The molecule has 3 aromatic carbocycles. The molecule has 0 radical (unpaired) electrons. The van der Waals surface area contributed by atoms with Gasteiger partial charge in [-0.25, -0.2) is 0 Å². The topological polar surface area (TPSA) is 26.0 Å². The van der Waals surface area contributed by atoms with E-state index < -0.39 is 0 Å². The van der Waals surface area contributed by atoms with Gasteiger partial charge in [-0.2, -0.15) is 0 Å². The summed E-state index contributed by atoms with van der Waals surface area (Å²) in [5.74, 6) is 0. The number of hydrogen-bond acceptors (Lipinski definition) is 1. The van der Waals surface area contributed by atoms with Gasteiger partial charge in [0.15, 0.2) is 0 Å². The lowest BCUT2D eigenvalue weighted by Crippen LogP contribution is -1.84. The monoisotopic (exact) mass is 271 g/mol. The molecule has 0 saturated heterocycles. The van der Waals surface area contributed by atoms with Crippen molar-refractivity contribution >= 4 is 17.8 Å². The first-order valence-electron chi connectivity index (χ1n) is 7.00. The van der Waals surface area contributed by atoms with Gasteiger partial charge in [-0.3, -0.25) is 0 Å². The molecule has 3 rings (SSSR count). The second-order valence-corrected chi connectivity index (χ2v) is 4.99. The highest BCUT2D eigenvalue weighted by atomic mass is 14.5. The van der Waals surface area contributed by atoms with Crippen LogP contribution in [0.4, 0.5) is 5.69 Å². The Morgan fingerprint density at radius 3 is 1.57 bits per heavy atom. The Bertz CT molecular complexity index is 723. The maximum absolute atomic E-state index is 5.71. The summed E-state index contributed by atoms with van der Waals surface area (Å²) in [6.45, 7) is 0. The fraction of sp³-hybridized carbons (Fsp3) is 0. The van der Waals surface area contributed by atoms with Gasteiger partial charge in [0.25, 0.3) is 0 Å². The SMILES string of the molecule is Nc1ccc(-c2ccc(/C=C/c3ccccc3)cc2)cc1. The predicted octanol–water partition coefficient (Wildman–Crippen LogP) is 5.11. The van der Waals surface area contributed by atoms with Crippen LogP contribution < -0.4 is 5.73 Å². The van der Waals surface area contributed by atoms with Crippen LogP contribution in [0.15, 0.2) is 78.9 Å². The van der Waals surface area contributed by atoms with Gasteiger partial charge in [-0.15, -0.1) is 0 Å². The van der Waals surface area contributed by atoms with Gasteiger partial charge in [-0.05, 0) is 34.4 Å². The second-order valence-electron chi connectivity index (χ2n) is 4.99. The number of rotatable bonds is 3. The molecule has 102 valence electrons. The molecule has 21 heavy (non-hydrogen) atoms. The van der Waals surface area contributed by atoms with Crippen molar-refractivity contribution < 1.29 is 0 Å². The van der Waals surface area contributed by atoms with E-state index in [1.54, 1.807) is 0 Å². The molecule has 1 nitrogen and oxygen atoms in total. The van der Waals surface area contributed by atoms with Crippen LogP contribution in [0, 0.1) is 0 Å². The fourth-order valence-corrected chi connectivity index (χ4v) is 2.22. The summed E-state index contributed by atoms with van der Waals surface area (Å²) in [6.07, 6.45) is 4.25. The average molecular weight is 271 g/mol. The summed E-state index contributed by atoms with van der Waals surface area (Å²) in [5.41, 5.74) is 11.3. The smallest absolute Gasteiger partial charge is 0.0314 e. The Morgan fingerprint density at radius 1 is 0.524 bits per heavy atom. The molecule has 0 aliphatic rings. The third-order valence-corrected chi connectivity index (χ3v) is 3.42. The molecular weight excluding hydrogens is 254 g/mol. The molecule has 0 aliphatic carbocycles. The van der Waals surface area contributed by atoms with Gasteiger partial charge >= 0.3 is 0 Å². The molecule has 0 saturated carbocycles. The summed E-state index contributed by atoms with van der Waals surface area (Å²) >= 11 is 0. The van der Waals surface area contributed by atoms with Gasteiger partial charge in [0.1, 0.15) is 0 Å². The lowest BCUT2D eigenvalue weighted by Gasteiger charge is -2.03. The average Bonchev–Trinajstić information content (AvgIpc) is 2.55. The molecular formula is C20H17N. The minimum absolute atomic E-state index is 0.793. The lowest BCUT2D eigenvalue weighted by atomic mass is 10.0. The van der Waals surface area contributed by atoms with Crippen LogP contribution in [0.25, 0.3) is 23.3 Å². The first kappa shape index (κ1) is 13.2. The third kappa shape index (κ3) is 3.40. The van der Waals surface area contributed by atoms with Gasteiger partial charge in [0.05, 0.1) is 0 Å². The van der Waals surface area contributed by atoms with Crippen LogP contribution in [0.1, 0.15) is 11.1 Å². The first-order valence-corrected chi connectivity index (χ1v) is 7.00. The third-order valence-electron chi connectivity index (χ3n) is 3.42. The minimum atomic E-state index is 0.793. The minimum Gasteiger partial charge on any atom is -0.399 e. The van der Waals surface area contributed by atoms with Crippen molar-refractivity contribution in [1.82, 2.24) is 0 Å². The van der Waals surface area contributed by atoms with E-state index in [9.17, 15) is 0 Å². The Balaban J connectivity index is 1.78. The van der Waals surface area contributed by atoms with E-state index in [0.29, 0.717) is 0 Å². The van der Waals surface area contributed by atoms with Gasteiger partial charge < -0.3 is 5.73 Å². The van der Waals surface area contributed by atoms with Gasteiger partial charge in [-0.1, -0.05) is 78.9 Å². The van der Waals surface area contributed by atoms with E-state index >= 15 is 0 Å². The highest BCUT2D eigenvalue weighted by Gasteiger charge is 1.97. The van der Waals surface area contributed by atoms with Crippen molar-refractivity contribution in [2.45, 2.75) is 0 Å².